The number of hydrogen-bond donors (Lipinski definition) is 1. The van der Waals surface area contributed by atoms with Gasteiger partial charge in [0.2, 0.25) is 0 Å². The van der Waals surface area contributed by atoms with Gasteiger partial charge in [0.25, 0.3) is 5.91 Å². The Labute approximate surface area is 137 Å². The number of rotatable bonds is 2. The van der Waals surface area contributed by atoms with Gasteiger partial charge in [0, 0.05) is 10.0 Å². The first-order valence-corrected chi connectivity index (χ1v) is 8.16. The summed E-state index contributed by atoms with van der Waals surface area (Å²) in [6.07, 6.45) is 3.18. The van der Waals surface area contributed by atoms with E-state index in [0.29, 0.717) is 10.6 Å². The molecule has 0 saturated carbocycles. The number of hydrogen-bond acceptors (Lipinski definition) is 1. The van der Waals surface area contributed by atoms with Gasteiger partial charge in [0.1, 0.15) is 0 Å². The summed E-state index contributed by atoms with van der Waals surface area (Å²) in [6, 6.07) is 13.7. The first kappa shape index (κ1) is 14.6. The van der Waals surface area contributed by atoms with E-state index in [1.165, 1.54) is 11.1 Å². The highest BCUT2D eigenvalue weighted by atomic mass is 79.9. The van der Waals surface area contributed by atoms with Gasteiger partial charge in [0.15, 0.2) is 0 Å². The first-order valence-electron chi connectivity index (χ1n) is 6.99. The van der Waals surface area contributed by atoms with Crippen LogP contribution >= 0.6 is 27.5 Å². The number of carbonyl (C=O) groups excluding carboxylic acids is 1. The molecule has 1 aliphatic rings. The average Bonchev–Trinajstić information content (AvgIpc) is 2.50. The predicted molar refractivity (Wildman–Crippen MR) is 88.7 cm³/mol. The van der Waals surface area contributed by atoms with Crippen LogP contribution in [-0.2, 0) is 6.42 Å². The van der Waals surface area contributed by atoms with Crippen LogP contribution in [0.15, 0.2) is 46.9 Å². The third-order valence-corrected chi connectivity index (χ3v) is 5.07. The van der Waals surface area contributed by atoms with Crippen molar-refractivity contribution in [2.24, 2.45) is 0 Å². The number of amides is 1. The van der Waals surface area contributed by atoms with Crippen molar-refractivity contribution in [3.8, 4) is 0 Å². The van der Waals surface area contributed by atoms with E-state index in [1.807, 2.05) is 6.07 Å². The molecule has 1 N–H and O–H groups in total. The lowest BCUT2D eigenvalue weighted by Gasteiger charge is -2.26. The van der Waals surface area contributed by atoms with Crippen LogP contribution in [0.1, 0.15) is 40.4 Å². The van der Waals surface area contributed by atoms with Crippen molar-refractivity contribution >= 4 is 33.4 Å². The second kappa shape index (κ2) is 6.20. The van der Waals surface area contributed by atoms with Crippen LogP contribution < -0.4 is 5.32 Å². The Kier molecular flexibility index (Phi) is 4.32. The molecule has 0 aliphatic heterocycles. The summed E-state index contributed by atoms with van der Waals surface area (Å²) < 4.78 is 0.737. The number of nitrogens with one attached hydrogen (secondary N) is 1. The van der Waals surface area contributed by atoms with Gasteiger partial charge >= 0.3 is 0 Å². The molecule has 0 bridgehead atoms. The lowest BCUT2D eigenvalue weighted by Crippen LogP contribution is -2.30. The summed E-state index contributed by atoms with van der Waals surface area (Å²) in [6.45, 7) is 0. The Morgan fingerprint density at radius 1 is 1.24 bits per heavy atom. The molecule has 0 spiro atoms. The number of carbonyl (C=O) groups is 1. The average molecular weight is 365 g/mol. The van der Waals surface area contributed by atoms with Crippen molar-refractivity contribution in [3.05, 3.63) is 68.7 Å². The Hall–Kier alpha value is -1.32. The molecule has 4 heteroatoms. The van der Waals surface area contributed by atoms with E-state index < -0.39 is 0 Å². The fourth-order valence-corrected chi connectivity index (χ4v) is 3.28. The molecule has 1 atom stereocenters. The van der Waals surface area contributed by atoms with Crippen molar-refractivity contribution in [2.75, 3.05) is 0 Å². The molecule has 2 aromatic carbocycles. The maximum Gasteiger partial charge on any atom is 0.251 e. The van der Waals surface area contributed by atoms with Gasteiger partial charge in [-0.25, -0.2) is 0 Å². The van der Waals surface area contributed by atoms with Crippen molar-refractivity contribution in [1.29, 1.82) is 0 Å². The minimum atomic E-state index is -0.0610. The second-order valence-electron chi connectivity index (χ2n) is 5.25. The topological polar surface area (TPSA) is 29.1 Å². The van der Waals surface area contributed by atoms with Crippen LogP contribution in [0.3, 0.4) is 0 Å². The molecule has 1 unspecified atom stereocenters. The Balaban J connectivity index is 1.81. The van der Waals surface area contributed by atoms with Crippen LogP contribution in [0.5, 0.6) is 0 Å². The van der Waals surface area contributed by atoms with Gasteiger partial charge < -0.3 is 5.32 Å². The molecule has 1 aliphatic carbocycles. The van der Waals surface area contributed by atoms with Gasteiger partial charge in [0.05, 0.1) is 11.1 Å². The number of halogens is 2. The molecule has 0 radical (unpaired) electrons. The number of fused-ring (bicyclic) bond motifs is 1. The molecule has 0 fully saturated rings. The van der Waals surface area contributed by atoms with E-state index in [4.69, 9.17) is 11.6 Å². The molecule has 2 aromatic rings. The maximum absolute atomic E-state index is 12.4. The van der Waals surface area contributed by atoms with Crippen LogP contribution in [0, 0.1) is 0 Å². The predicted octanol–water partition coefficient (Wildman–Crippen LogP) is 4.91. The van der Waals surface area contributed by atoms with Gasteiger partial charge in [-0.15, -0.1) is 0 Å². The summed E-state index contributed by atoms with van der Waals surface area (Å²) in [5.74, 6) is -0.0610. The zero-order chi connectivity index (χ0) is 14.8. The molecule has 1 amide bonds. The molecule has 0 heterocycles. The van der Waals surface area contributed by atoms with Crippen LogP contribution in [0.25, 0.3) is 0 Å². The lowest BCUT2D eigenvalue weighted by molar-refractivity contribution is 0.0932. The van der Waals surface area contributed by atoms with E-state index >= 15 is 0 Å². The molecule has 21 heavy (non-hydrogen) atoms. The van der Waals surface area contributed by atoms with E-state index in [2.05, 4.69) is 39.4 Å². The lowest BCUT2D eigenvalue weighted by atomic mass is 9.87. The van der Waals surface area contributed by atoms with E-state index in [0.717, 1.165) is 23.7 Å². The molecular weight excluding hydrogens is 350 g/mol. The van der Waals surface area contributed by atoms with Crippen LogP contribution in [0.4, 0.5) is 0 Å². The normalized spacial score (nSPS) is 17.1. The fraction of sp³-hybridized carbons (Fsp3) is 0.235. The molecule has 3 rings (SSSR count). The summed E-state index contributed by atoms with van der Waals surface area (Å²) in [5.41, 5.74) is 3.20. The van der Waals surface area contributed by atoms with Crippen molar-refractivity contribution in [1.82, 2.24) is 5.32 Å². The van der Waals surface area contributed by atoms with Crippen LogP contribution in [-0.4, -0.2) is 5.91 Å². The minimum Gasteiger partial charge on any atom is -0.345 e. The maximum atomic E-state index is 12.4. The van der Waals surface area contributed by atoms with Crippen LogP contribution in [0.2, 0.25) is 5.02 Å². The summed E-state index contributed by atoms with van der Waals surface area (Å²) in [5, 5.41) is 3.74. The minimum absolute atomic E-state index is 0.0610. The Bertz CT molecular complexity index is 686. The van der Waals surface area contributed by atoms with Gasteiger partial charge in [-0.1, -0.05) is 35.9 Å². The molecule has 0 saturated heterocycles. The van der Waals surface area contributed by atoms with E-state index in [-0.39, 0.29) is 11.9 Å². The molecular formula is C17H15BrClNO. The summed E-state index contributed by atoms with van der Waals surface area (Å²) in [7, 11) is 0. The van der Waals surface area contributed by atoms with Crippen molar-refractivity contribution in [2.45, 2.75) is 25.3 Å². The van der Waals surface area contributed by atoms with E-state index in [1.54, 1.807) is 18.2 Å². The highest BCUT2D eigenvalue weighted by Gasteiger charge is 2.21. The fourth-order valence-electron chi connectivity index (χ4n) is 2.78. The molecule has 2 nitrogen and oxygen atoms in total. The van der Waals surface area contributed by atoms with Crippen molar-refractivity contribution < 1.29 is 4.79 Å². The van der Waals surface area contributed by atoms with Gasteiger partial charge in [-0.3, -0.25) is 4.79 Å². The Morgan fingerprint density at radius 3 is 2.86 bits per heavy atom. The number of benzene rings is 2. The second-order valence-corrected chi connectivity index (χ2v) is 6.51. The molecule has 108 valence electrons. The van der Waals surface area contributed by atoms with Crippen molar-refractivity contribution in [3.63, 3.8) is 0 Å². The van der Waals surface area contributed by atoms with E-state index in [9.17, 15) is 4.79 Å². The third kappa shape index (κ3) is 3.14. The SMILES string of the molecule is O=C(NC1CCCc2ccccc21)c1ccc(Cl)c(Br)c1. The van der Waals surface area contributed by atoms with Gasteiger partial charge in [-0.2, -0.15) is 0 Å². The largest absolute Gasteiger partial charge is 0.345 e. The van der Waals surface area contributed by atoms with Gasteiger partial charge in [-0.05, 0) is 64.5 Å². The zero-order valence-electron chi connectivity index (χ0n) is 11.4. The highest BCUT2D eigenvalue weighted by molar-refractivity contribution is 9.10. The third-order valence-electron chi connectivity index (χ3n) is 3.86. The Morgan fingerprint density at radius 2 is 2.05 bits per heavy atom. The first-order chi connectivity index (χ1) is 10.1. The monoisotopic (exact) mass is 363 g/mol. The number of aryl methyl sites for hydroxylation is 1. The summed E-state index contributed by atoms with van der Waals surface area (Å²) in [4.78, 5) is 12.4. The zero-order valence-corrected chi connectivity index (χ0v) is 13.7. The summed E-state index contributed by atoms with van der Waals surface area (Å²) >= 11 is 9.32. The molecule has 0 aromatic heterocycles. The quantitative estimate of drug-likeness (QED) is 0.806. The standard InChI is InChI=1S/C17H15BrClNO/c18-14-10-12(8-9-15(14)19)17(21)20-16-7-3-5-11-4-1-2-6-13(11)16/h1-2,4,6,8-10,16H,3,5,7H2,(H,20,21). The highest BCUT2D eigenvalue weighted by Crippen LogP contribution is 2.30. The smallest absolute Gasteiger partial charge is 0.251 e.